The van der Waals surface area contributed by atoms with Crippen LogP contribution in [0.2, 0.25) is 0 Å². The number of aliphatic hydroxyl groups excluding tert-OH is 1. The zero-order valence-corrected chi connectivity index (χ0v) is 6.57. The van der Waals surface area contributed by atoms with Crippen molar-refractivity contribution in [3.63, 3.8) is 0 Å². The summed E-state index contributed by atoms with van der Waals surface area (Å²) >= 11 is 0. The van der Waals surface area contributed by atoms with Gasteiger partial charge in [0, 0.05) is 13.0 Å². The lowest BCUT2D eigenvalue weighted by Crippen LogP contribution is -1.94. The number of phenolic OH excluding ortho intramolecular Hbond substituents is 1. The van der Waals surface area contributed by atoms with Gasteiger partial charge in [0.1, 0.15) is 11.9 Å². The van der Waals surface area contributed by atoms with Gasteiger partial charge in [0.15, 0.2) is 0 Å². The maximum atomic E-state index is 13.0. The van der Waals surface area contributed by atoms with Crippen LogP contribution in [0.4, 0.5) is 4.39 Å². The van der Waals surface area contributed by atoms with Crippen LogP contribution in [-0.2, 0) is 0 Å². The van der Waals surface area contributed by atoms with Crippen molar-refractivity contribution in [3.8, 4) is 5.75 Å². The van der Waals surface area contributed by atoms with Crippen molar-refractivity contribution in [2.24, 2.45) is 0 Å². The van der Waals surface area contributed by atoms with Crippen LogP contribution in [0.25, 0.3) is 0 Å². The second kappa shape index (κ2) is 4.07. The van der Waals surface area contributed by atoms with Crippen LogP contribution in [-0.4, -0.2) is 16.8 Å². The summed E-state index contributed by atoms with van der Waals surface area (Å²) in [6, 6.07) is 5.88. The van der Waals surface area contributed by atoms with Crippen LogP contribution in [0.5, 0.6) is 5.75 Å². The summed E-state index contributed by atoms with van der Waals surface area (Å²) in [7, 11) is 0. The molecule has 2 nitrogen and oxygen atoms in total. The van der Waals surface area contributed by atoms with Gasteiger partial charge in [0.05, 0.1) is 0 Å². The van der Waals surface area contributed by atoms with Gasteiger partial charge in [-0.15, -0.1) is 0 Å². The van der Waals surface area contributed by atoms with Gasteiger partial charge in [-0.05, 0) is 17.7 Å². The molecule has 12 heavy (non-hydrogen) atoms. The molecule has 2 N–H and O–H groups in total. The molecule has 0 bridgehead atoms. The lowest BCUT2D eigenvalue weighted by atomic mass is 10.1. The number of benzene rings is 1. The Morgan fingerprint density at radius 2 is 1.83 bits per heavy atom. The molecule has 1 aromatic rings. The summed E-state index contributed by atoms with van der Waals surface area (Å²) in [5, 5.41) is 17.4. The summed E-state index contributed by atoms with van der Waals surface area (Å²) in [5.41, 5.74) is 0.488. The van der Waals surface area contributed by atoms with Gasteiger partial charge in [0.25, 0.3) is 0 Å². The molecule has 1 atom stereocenters. The van der Waals surface area contributed by atoms with Crippen LogP contribution in [0.15, 0.2) is 24.3 Å². The molecular formula is C9H11FO2. The van der Waals surface area contributed by atoms with E-state index >= 15 is 0 Å². The first-order chi connectivity index (χ1) is 5.74. The molecule has 0 saturated heterocycles. The highest BCUT2D eigenvalue weighted by Crippen LogP contribution is 2.22. The van der Waals surface area contributed by atoms with E-state index in [1.807, 2.05) is 0 Å². The van der Waals surface area contributed by atoms with E-state index < -0.39 is 6.17 Å². The number of aromatic hydroxyl groups is 1. The molecule has 0 radical (unpaired) electrons. The summed E-state index contributed by atoms with van der Waals surface area (Å²) < 4.78 is 13.0. The molecule has 66 valence electrons. The van der Waals surface area contributed by atoms with Crippen LogP contribution >= 0.6 is 0 Å². The van der Waals surface area contributed by atoms with Gasteiger partial charge in [-0.25, -0.2) is 4.39 Å². The molecule has 1 aromatic carbocycles. The van der Waals surface area contributed by atoms with Crippen LogP contribution in [0, 0.1) is 0 Å². The summed E-state index contributed by atoms with van der Waals surface area (Å²) in [6.07, 6.45) is -1.04. The molecule has 0 aliphatic carbocycles. The third-order valence-corrected chi connectivity index (χ3v) is 1.64. The Hall–Kier alpha value is -1.09. The van der Waals surface area contributed by atoms with E-state index in [9.17, 15) is 4.39 Å². The summed E-state index contributed by atoms with van der Waals surface area (Å²) in [5.74, 6) is 0.120. The second-order valence-electron chi connectivity index (χ2n) is 2.57. The predicted molar refractivity (Wildman–Crippen MR) is 43.7 cm³/mol. The maximum Gasteiger partial charge on any atom is 0.127 e. The zero-order valence-electron chi connectivity index (χ0n) is 6.57. The lowest BCUT2D eigenvalue weighted by molar-refractivity contribution is 0.222. The van der Waals surface area contributed by atoms with E-state index in [0.717, 1.165) is 0 Å². The molecule has 3 heteroatoms. The third kappa shape index (κ3) is 2.20. The maximum absolute atomic E-state index is 13.0. The van der Waals surface area contributed by atoms with Crippen LogP contribution < -0.4 is 0 Å². The quantitative estimate of drug-likeness (QED) is 0.726. The Balaban J connectivity index is 2.68. The third-order valence-electron chi connectivity index (χ3n) is 1.64. The number of halogens is 1. The highest BCUT2D eigenvalue weighted by atomic mass is 19.1. The van der Waals surface area contributed by atoms with Gasteiger partial charge in [-0.1, -0.05) is 12.1 Å². The molecule has 0 heterocycles. The Kier molecular flexibility index (Phi) is 3.05. The molecule has 1 rings (SSSR count). The fourth-order valence-electron chi connectivity index (χ4n) is 0.963. The highest BCUT2D eigenvalue weighted by Gasteiger charge is 2.07. The largest absolute Gasteiger partial charge is 0.508 e. The monoisotopic (exact) mass is 170 g/mol. The van der Waals surface area contributed by atoms with Crippen molar-refractivity contribution in [3.05, 3.63) is 29.8 Å². The van der Waals surface area contributed by atoms with E-state index in [1.165, 1.54) is 24.3 Å². The Morgan fingerprint density at radius 3 is 2.33 bits per heavy atom. The van der Waals surface area contributed by atoms with Gasteiger partial charge >= 0.3 is 0 Å². The molecular weight excluding hydrogens is 159 g/mol. The van der Waals surface area contributed by atoms with E-state index in [4.69, 9.17) is 10.2 Å². The van der Waals surface area contributed by atoms with Crippen LogP contribution in [0.1, 0.15) is 18.2 Å². The first kappa shape index (κ1) is 9.00. The molecule has 0 aliphatic heterocycles. The molecule has 0 saturated carbocycles. The molecule has 0 aliphatic rings. The molecule has 0 fully saturated rings. The van der Waals surface area contributed by atoms with Crippen molar-refractivity contribution in [2.75, 3.05) is 6.61 Å². The van der Waals surface area contributed by atoms with Gasteiger partial charge in [0.2, 0.25) is 0 Å². The van der Waals surface area contributed by atoms with E-state index in [2.05, 4.69) is 0 Å². The summed E-state index contributed by atoms with van der Waals surface area (Å²) in [4.78, 5) is 0. The summed E-state index contributed by atoms with van der Waals surface area (Å²) in [6.45, 7) is -0.165. The molecule has 0 spiro atoms. The predicted octanol–water partition coefficient (Wildman–Crippen LogP) is 1.79. The van der Waals surface area contributed by atoms with Crippen molar-refractivity contribution in [1.82, 2.24) is 0 Å². The second-order valence-corrected chi connectivity index (χ2v) is 2.57. The average molecular weight is 170 g/mol. The standard InChI is InChI=1S/C9H11FO2/c10-9(5-6-11)7-1-3-8(12)4-2-7/h1-4,9,11-12H,5-6H2. The fourth-order valence-corrected chi connectivity index (χ4v) is 0.963. The Bertz CT molecular complexity index is 233. The highest BCUT2D eigenvalue weighted by molar-refractivity contribution is 5.27. The van der Waals surface area contributed by atoms with Gasteiger partial charge < -0.3 is 10.2 Å². The van der Waals surface area contributed by atoms with E-state index in [-0.39, 0.29) is 18.8 Å². The number of aliphatic hydroxyl groups is 1. The number of hydrogen-bond acceptors (Lipinski definition) is 2. The minimum absolute atomic E-state index is 0.102. The lowest BCUT2D eigenvalue weighted by Gasteiger charge is -2.05. The molecule has 0 amide bonds. The van der Waals surface area contributed by atoms with Crippen LogP contribution in [0.3, 0.4) is 0 Å². The minimum atomic E-state index is -1.14. The van der Waals surface area contributed by atoms with Crippen molar-refractivity contribution < 1.29 is 14.6 Å². The first-order valence-electron chi connectivity index (χ1n) is 3.78. The normalized spacial score (nSPS) is 12.8. The van der Waals surface area contributed by atoms with Crippen molar-refractivity contribution >= 4 is 0 Å². The van der Waals surface area contributed by atoms with Gasteiger partial charge in [-0.2, -0.15) is 0 Å². The van der Waals surface area contributed by atoms with Crippen molar-refractivity contribution in [2.45, 2.75) is 12.6 Å². The van der Waals surface area contributed by atoms with Crippen molar-refractivity contribution in [1.29, 1.82) is 0 Å². The number of alkyl halides is 1. The molecule has 1 unspecified atom stereocenters. The Labute approximate surface area is 70.3 Å². The Morgan fingerprint density at radius 1 is 1.25 bits per heavy atom. The first-order valence-corrected chi connectivity index (χ1v) is 3.78. The average Bonchev–Trinajstić information content (AvgIpc) is 2.06. The SMILES string of the molecule is OCCC(F)c1ccc(O)cc1. The smallest absolute Gasteiger partial charge is 0.127 e. The minimum Gasteiger partial charge on any atom is -0.508 e. The van der Waals surface area contributed by atoms with E-state index in [1.54, 1.807) is 0 Å². The number of rotatable bonds is 3. The topological polar surface area (TPSA) is 40.5 Å². The van der Waals surface area contributed by atoms with E-state index in [0.29, 0.717) is 5.56 Å². The number of phenols is 1. The molecule has 0 aromatic heterocycles. The zero-order chi connectivity index (χ0) is 8.97. The van der Waals surface area contributed by atoms with Gasteiger partial charge in [-0.3, -0.25) is 0 Å². The number of hydrogen-bond donors (Lipinski definition) is 2. The fraction of sp³-hybridized carbons (Fsp3) is 0.333.